The standard InChI is InChI=1S/C12H14N4/c1-8-4-3-5-10(6-8)16-12-14-7-11(13)9(2)15-12/h3-7H,13H2,1-2H3,(H,14,15,16). The quantitative estimate of drug-likeness (QED) is 0.805. The van der Waals surface area contributed by atoms with Crippen molar-refractivity contribution in [2.75, 3.05) is 11.1 Å². The van der Waals surface area contributed by atoms with Crippen LogP contribution in [0, 0.1) is 13.8 Å². The molecule has 0 unspecified atom stereocenters. The number of anilines is 3. The Hall–Kier alpha value is -2.10. The van der Waals surface area contributed by atoms with Gasteiger partial charge in [0, 0.05) is 5.69 Å². The fourth-order valence-electron chi connectivity index (χ4n) is 1.39. The Bertz CT molecular complexity index is 508. The van der Waals surface area contributed by atoms with Crippen LogP contribution in [-0.4, -0.2) is 9.97 Å². The van der Waals surface area contributed by atoms with E-state index in [4.69, 9.17) is 5.73 Å². The molecule has 0 aliphatic heterocycles. The van der Waals surface area contributed by atoms with Crippen molar-refractivity contribution in [2.24, 2.45) is 0 Å². The van der Waals surface area contributed by atoms with Gasteiger partial charge in [-0.25, -0.2) is 9.97 Å². The number of nitrogens with two attached hydrogens (primary N) is 1. The number of hydrogen-bond donors (Lipinski definition) is 2. The summed E-state index contributed by atoms with van der Waals surface area (Å²) in [7, 11) is 0. The van der Waals surface area contributed by atoms with Gasteiger partial charge in [0.05, 0.1) is 17.6 Å². The maximum Gasteiger partial charge on any atom is 0.227 e. The van der Waals surface area contributed by atoms with Crippen LogP contribution in [0.15, 0.2) is 30.5 Å². The van der Waals surface area contributed by atoms with Gasteiger partial charge in [0.2, 0.25) is 5.95 Å². The van der Waals surface area contributed by atoms with Gasteiger partial charge in [-0.2, -0.15) is 0 Å². The van der Waals surface area contributed by atoms with E-state index in [1.165, 1.54) is 5.56 Å². The zero-order chi connectivity index (χ0) is 11.5. The molecule has 1 heterocycles. The normalized spacial score (nSPS) is 10.1. The molecule has 1 aromatic heterocycles. The number of aryl methyl sites for hydroxylation is 2. The zero-order valence-corrected chi connectivity index (χ0v) is 9.36. The van der Waals surface area contributed by atoms with Crippen molar-refractivity contribution in [3.8, 4) is 0 Å². The van der Waals surface area contributed by atoms with Crippen molar-refractivity contribution in [3.63, 3.8) is 0 Å². The van der Waals surface area contributed by atoms with Gasteiger partial charge in [-0.15, -0.1) is 0 Å². The molecule has 1 aromatic carbocycles. The van der Waals surface area contributed by atoms with Crippen molar-refractivity contribution < 1.29 is 0 Å². The van der Waals surface area contributed by atoms with Crippen molar-refractivity contribution in [2.45, 2.75) is 13.8 Å². The molecule has 82 valence electrons. The van der Waals surface area contributed by atoms with Crippen LogP contribution >= 0.6 is 0 Å². The number of benzene rings is 1. The van der Waals surface area contributed by atoms with Gasteiger partial charge in [0.25, 0.3) is 0 Å². The largest absolute Gasteiger partial charge is 0.396 e. The number of nitrogen functional groups attached to an aromatic ring is 1. The molecule has 0 radical (unpaired) electrons. The van der Waals surface area contributed by atoms with E-state index < -0.39 is 0 Å². The van der Waals surface area contributed by atoms with Crippen LogP contribution in [0.3, 0.4) is 0 Å². The predicted molar refractivity (Wildman–Crippen MR) is 65.6 cm³/mol. The second-order valence-corrected chi connectivity index (χ2v) is 3.73. The predicted octanol–water partition coefficient (Wildman–Crippen LogP) is 2.42. The van der Waals surface area contributed by atoms with E-state index in [0.717, 1.165) is 11.4 Å². The SMILES string of the molecule is Cc1cccc(Nc2ncc(N)c(C)n2)c1. The Morgan fingerprint density at radius 3 is 2.75 bits per heavy atom. The van der Waals surface area contributed by atoms with E-state index in [2.05, 4.69) is 15.3 Å². The fraction of sp³-hybridized carbons (Fsp3) is 0.167. The molecule has 0 bridgehead atoms. The summed E-state index contributed by atoms with van der Waals surface area (Å²) in [5.41, 5.74) is 9.21. The van der Waals surface area contributed by atoms with Crippen molar-refractivity contribution in [1.29, 1.82) is 0 Å². The average molecular weight is 214 g/mol. The maximum absolute atomic E-state index is 5.65. The Morgan fingerprint density at radius 2 is 2.06 bits per heavy atom. The highest BCUT2D eigenvalue weighted by Gasteiger charge is 2.00. The lowest BCUT2D eigenvalue weighted by molar-refractivity contribution is 1.11. The van der Waals surface area contributed by atoms with Crippen LogP contribution in [0.5, 0.6) is 0 Å². The molecule has 4 heteroatoms. The summed E-state index contributed by atoms with van der Waals surface area (Å²) in [5, 5.41) is 3.14. The molecule has 0 fully saturated rings. The summed E-state index contributed by atoms with van der Waals surface area (Å²) >= 11 is 0. The number of hydrogen-bond acceptors (Lipinski definition) is 4. The van der Waals surface area contributed by atoms with E-state index >= 15 is 0 Å². The number of rotatable bonds is 2. The summed E-state index contributed by atoms with van der Waals surface area (Å²) in [5.74, 6) is 0.567. The molecule has 4 nitrogen and oxygen atoms in total. The maximum atomic E-state index is 5.65. The lowest BCUT2D eigenvalue weighted by Crippen LogP contribution is -2.01. The molecule has 0 amide bonds. The monoisotopic (exact) mass is 214 g/mol. The summed E-state index contributed by atoms with van der Waals surface area (Å²) in [6, 6.07) is 8.04. The molecule has 0 spiro atoms. The molecule has 0 aliphatic rings. The first-order valence-corrected chi connectivity index (χ1v) is 5.08. The Morgan fingerprint density at radius 1 is 1.25 bits per heavy atom. The molecule has 0 saturated heterocycles. The van der Waals surface area contributed by atoms with E-state index in [1.54, 1.807) is 6.20 Å². The van der Waals surface area contributed by atoms with Gasteiger partial charge < -0.3 is 11.1 Å². The molecule has 2 aromatic rings. The third kappa shape index (κ3) is 2.28. The third-order valence-electron chi connectivity index (χ3n) is 2.29. The Labute approximate surface area is 94.5 Å². The minimum atomic E-state index is 0.567. The molecule has 0 atom stereocenters. The molecule has 3 N–H and O–H groups in total. The summed E-state index contributed by atoms with van der Waals surface area (Å²) in [6.07, 6.45) is 1.61. The van der Waals surface area contributed by atoms with Crippen LogP contribution in [-0.2, 0) is 0 Å². The highest BCUT2D eigenvalue weighted by molar-refractivity contribution is 5.55. The topological polar surface area (TPSA) is 63.8 Å². The first-order chi connectivity index (χ1) is 7.65. The van der Waals surface area contributed by atoms with Crippen LogP contribution in [0.4, 0.5) is 17.3 Å². The third-order valence-corrected chi connectivity index (χ3v) is 2.29. The Balaban J connectivity index is 2.24. The Kier molecular flexibility index (Phi) is 2.72. The summed E-state index contributed by atoms with van der Waals surface area (Å²) < 4.78 is 0. The summed E-state index contributed by atoms with van der Waals surface area (Å²) in [6.45, 7) is 3.90. The van der Waals surface area contributed by atoms with Gasteiger partial charge in [-0.1, -0.05) is 12.1 Å². The first-order valence-electron chi connectivity index (χ1n) is 5.08. The smallest absolute Gasteiger partial charge is 0.227 e. The van der Waals surface area contributed by atoms with Crippen molar-refractivity contribution >= 4 is 17.3 Å². The van der Waals surface area contributed by atoms with Gasteiger partial charge >= 0.3 is 0 Å². The molecule has 0 aliphatic carbocycles. The first kappa shape index (κ1) is 10.4. The second kappa shape index (κ2) is 4.18. The van der Waals surface area contributed by atoms with E-state index in [0.29, 0.717) is 11.6 Å². The van der Waals surface area contributed by atoms with E-state index in [9.17, 15) is 0 Å². The lowest BCUT2D eigenvalue weighted by atomic mass is 10.2. The van der Waals surface area contributed by atoms with Crippen LogP contribution < -0.4 is 11.1 Å². The molecular formula is C12H14N4. The number of nitrogens with one attached hydrogen (secondary N) is 1. The molecule has 2 rings (SSSR count). The van der Waals surface area contributed by atoms with Crippen LogP contribution in [0.2, 0.25) is 0 Å². The number of nitrogens with zero attached hydrogens (tertiary/aromatic N) is 2. The van der Waals surface area contributed by atoms with Gasteiger partial charge in [0.15, 0.2) is 0 Å². The lowest BCUT2D eigenvalue weighted by Gasteiger charge is -2.06. The van der Waals surface area contributed by atoms with Gasteiger partial charge in [-0.05, 0) is 31.5 Å². The highest BCUT2D eigenvalue weighted by atomic mass is 15.1. The average Bonchev–Trinajstić information content (AvgIpc) is 2.24. The molecule has 16 heavy (non-hydrogen) atoms. The van der Waals surface area contributed by atoms with Crippen LogP contribution in [0.25, 0.3) is 0 Å². The van der Waals surface area contributed by atoms with Crippen LogP contribution in [0.1, 0.15) is 11.3 Å². The molecule has 0 saturated carbocycles. The van der Waals surface area contributed by atoms with E-state index in [-0.39, 0.29) is 0 Å². The fourth-order valence-corrected chi connectivity index (χ4v) is 1.39. The minimum absolute atomic E-state index is 0.567. The molecular weight excluding hydrogens is 200 g/mol. The van der Waals surface area contributed by atoms with E-state index in [1.807, 2.05) is 38.1 Å². The zero-order valence-electron chi connectivity index (χ0n) is 9.36. The van der Waals surface area contributed by atoms with Gasteiger partial charge in [-0.3, -0.25) is 0 Å². The van der Waals surface area contributed by atoms with Crippen molar-refractivity contribution in [1.82, 2.24) is 9.97 Å². The highest BCUT2D eigenvalue weighted by Crippen LogP contribution is 2.15. The number of aromatic nitrogens is 2. The van der Waals surface area contributed by atoms with Gasteiger partial charge in [0.1, 0.15) is 0 Å². The minimum Gasteiger partial charge on any atom is -0.396 e. The summed E-state index contributed by atoms with van der Waals surface area (Å²) in [4.78, 5) is 8.37. The second-order valence-electron chi connectivity index (χ2n) is 3.73. The van der Waals surface area contributed by atoms with Crippen molar-refractivity contribution in [3.05, 3.63) is 41.7 Å².